The van der Waals surface area contributed by atoms with Gasteiger partial charge in [0.05, 0.1) is 11.6 Å². The largest absolute Gasteiger partial charge is 0.290 e. The molecule has 3 nitrogen and oxygen atoms in total. The predicted octanol–water partition coefficient (Wildman–Crippen LogP) is 10.4. The highest BCUT2D eigenvalue weighted by Crippen LogP contribution is 2.50. The van der Waals surface area contributed by atoms with E-state index in [-0.39, 0.29) is 5.41 Å². The Kier molecular flexibility index (Phi) is 4.90. The van der Waals surface area contributed by atoms with E-state index in [2.05, 4.69) is 134 Å². The van der Waals surface area contributed by atoms with Gasteiger partial charge < -0.3 is 0 Å². The van der Waals surface area contributed by atoms with Crippen molar-refractivity contribution in [3.05, 3.63) is 132 Å². The number of benzene rings is 5. The molecule has 8 aromatic rings. The van der Waals surface area contributed by atoms with Crippen LogP contribution in [-0.2, 0) is 5.41 Å². The minimum absolute atomic E-state index is 0.156. The molecule has 0 aliphatic heterocycles. The van der Waals surface area contributed by atoms with Crippen molar-refractivity contribution in [2.24, 2.45) is 0 Å². The average Bonchev–Trinajstić information content (AvgIpc) is 3.66. The van der Waals surface area contributed by atoms with Crippen LogP contribution in [0.4, 0.5) is 0 Å². The number of nitriles is 1. The van der Waals surface area contributed by atoms with Gasteiger partial charge in [0.15, 0.2) is 0 Å². The highest BCUT2D eigenvalue weighted by molar-refractivity contribution is 7.25. The van der Waals surface area contributed by atoms with Crippen molar-refractivity contribution < 1.29 is 0 Å². The lowest BCUT2D eigenvalue weighted by molar-refractivity contribution is 0.660. The molecular formula is C39H25N3S. The van der Waals surface area contributed by atoms with E-state index in [0.717, 1.165) is 11.2 Å². The summed E-state index contributed by atoms with van der Waals surface area (Å²) in [6, 6.07) is 41.5. The van der Waals surface area contributed by atoms with Crippen molar-refractivity contribution in [3.63, 3.8) is 0 Å². The standard InChI is InChI=1S/C39H25N3S/c1-39(2)33-17-23(21-40)7-14-30(33)31-15-12-28(20-34(31)39)26-9-8-25-19-27(11-10-24(25)18-26)29-13-16-36-41-37-32-5-3-4-6-35(32)43-38(37)42(36)22-29/h3-20,22H,1-2H3. The highest BCUT2D eigenvalue weighted by Gasteiger charge is 2.35. The van der Waals surface area contributed by atoms with Crippen LogP contribution in [0.2, 0.25) is 0 Å². The van der Waals surface area contributed by atoms with Gasteiger partial charge in [0.2, 0.25) is 0 Å². The molecule has 0 saturated heterocycles. The first-order valence-electron chi connectivity index (χ1n) is 14.5. The van der Waals surface area contributed by atoms with Gasteiger partial charge in [-0.15, -0.1) is 11.3 Å². The van der Waals surface area contributed by atoms with E-state index in [1.165, 1.54) is 70.2 Å². The Labute approximate surface area is 252 Å². The van der Waals surface area contributed by atoms with E-state index in [9.17, 15) is 5.26 Å². The summed E-state index contributed by atoms with van der Waals surface area (Å²) in [5.41, 5.74) is 12.4. The zero-order valence-corrected chi connectivity index (χ0v) is 24.5. The molecular weight excluding hydrogens is 543 g/mol. The number of fused-ring (bicyclic) bond motifs is 9. The summed E-state index contributed by atoms with van der Waals surface area (Å²) in [5, 5.41) is 13.1. The maximum atomic E-state index is 9.46. The van der Waals surface area contributed by atoms with Crippen LogP contribution < -0.4 is 0 Å². The van der Waals surface area contributed by atoms with Gasteiger partial charge in [-0.2, -0.15) is 5.26 Å². The van der Waals surface area contributed by atoms with E-state index in [1.54, 1.807) is 11.3 Å². The van der Waals surface area contributed by atoms with Crippen LogP contribution in [0.3, 0.4) is 0 Å². The number of nitrogens with zero attached hydrogens (tertiary/aromatic N) is 3. The molecule has 0 N–H and O–H groups in total. The van der Waals surface area contributed by atoms with Crippen LogP contribution in [0, 0.1) is 11.3 Å². The van der Waals surface area contributed by atoms with Gasteiger partial charge in [0.1, 0.15) is 16.0 Å². The van der Waals surface area contributed by atoms with Crippen LogP contribution in [0.5, 0.6) is 0 Å². The number of pyridine rings is 1. The molecule has 9 rings (SSSR count). The third kappa shape index (κ3) is 3.49. The molecule has 0 atom stereocenters. The summed E-state index contributed by atoms with van der Waals surface area (Å²) in [6.45, 7) is 4.52. The van der Waals surface area contributed by atoms with Crippen LogP contribution in [-0.4, -0.2) is 9.38 Å². The van der Waals surface area contributed by atoms with E-state index < -0.39 is 0 Å². The first-order chi connectivity index (χ1) is 21.0. The van der Waals surface area contributed by atoms with E-state index in [4.69, 9.17) is 4.98 Å². The smallest absolute Gasteiger partial charge is 0.138 e. The molecule has 0 spiro atoms. The molecule has 202 valence electrons. The molecule has 0 amide bonds. The Balaban J connectivity index is 1.09. The van der Waals surface area contributed by atoms with Crippen molar-refractivity contribution in [1.82, 2.24) is 9.38 Å². The second-order valence-corrected chi connectivity index (χ2v) is 13.1. The first-order valence-corrected chi connectivity index (χ1v) is 15.3. The third-order valence-electron chi connectivity index (χ3n) is 9.24. The van der Waals surface area contributed by atoms with Crippen LogP contribution >= 0.6 is 11.3 Å². The van der Waals surface area contributed by atoms with E-state index in [1.807, 2.05) is 6.07 Å². The molecule has 3 aromatic heterocycles. The van der Waals surface area contributed by atoms with Crippen molar-refractivity contribution in [2.75, 3.05) is 0 Å². The number of thiophene rings is 1. The van der Waals surface area contributed by atoms with E-state index in [0.29, 0.717) is 5.56 Å². The topological polar surface area (TPSA) is 41.1 Å². The Morgan fingerprint density at radius 2 is 1.35 bits per heavy atom. The molecule has 5 aromatic carbocycles. The lowest BCUT2D eigenvalue weighted by Crippen LogP contribution is -2.15. The Bertz CT molecular complexity index is 2500. The van der Waals surface area contributed by atoms with Crippen LogP contribution in [0.25, 0.3) is 70.2 Å². The molecule has 0 saturated carbocycles. The normalized spacial score (nSPS) is 13.5. The van der Waals surface area contributed by atoms with Crippen molar-refractivity contribution >= 4 is 48.2 Å². The molecule has 3 heterocycles. The van der Waals surface area contributed by atoms with Gasteiger partial charge in [0.25, 0.3) is 0 Å². The van der Waals surface area contributed by atoms with Gasteiger partial charge in [0, 0.05) is 21.7 Å². The lowest BCUT2D eigenvalue weighted by atomic mass is 9.81. The summed E-state index contributed by atoms with van der Waals surface area (Å²) in [7, 11) is 0. The summed E-state index contributed by atoms with van der Waals surface area (Å²) < 4.78 is 3.50. The van der Waals surface area contributed by atoms with Gasteiger partial charge in [-0.3, -0.25) is 4.40 Å². The Morgan fingerprint density at radius 1 is 0.698 bits per heavy atom. The maximum absolute atomic E-state index is 9.46. The van der Waals surface area contributed by atoms with E-state index >= 15 is 0 Å². The summed E-state index contributed by atoms with van der Waals surface area (Å²) in [5.74, 6) is 0. The first kappa shape index (κ1) is 24.4. The minimum Gasteiger partial charge on any atom is -0.290 e. The molecule has 1 aliphatic rings. The monoisotopic (exact) mass is 567 g/mol. The second kappa shape index (κ2) is 8.64. The quantitative estimate of drug-likeness (QED) is 0.208. The van der Waals surface area contributed by atoms with Crippen molar-refractivity contribution in [3.8, 4) is 39.4 Å². The van der Waals surface area contributed by atoms with Gasteiger partial charge >= 0.3 is 0 Å². The number of hydrogen-bond acceptors (Lipinski definition) is 3. The number of hydrogen-bond donors (Lipinski definition) is 0. The SMILES string of the molecule is CC1(C)c2cc(C#N)ccc2-c2ccc(-c3ccc4cc(-c5ccc6nc7c8ccccc8sc7n6c5)ccc4c3)cc21. The molecule has 0 radical (unpaired) electrons. The maximum Gasteiger partial charge on any atom is 0.138 e. The van der Waals surface area contributed by atoms with Gasteiger partial charge in [-0.05, 0) is 104 Å². The molecule has 0 unspecified atom stereocenters. The second-order valence-electron chi connectivity index (χ2n) is 12.0. The van der Waals surface area contributed by atoms with Crippen LogP contribution in [0.15, 0.2) is 115 Å². The average molecular weight is 568 g/mol. The molecule has 0 fully saturated rings. The number of aromatic nitrogens is 2. The summed E-state index contributed by atoms with van der Waals surface area (Å²) in [4.78, 5) is 6.13. The summed E-state index contributed by atoms with van der Waals surface area (Å²) >= 11 is 1.80. The number of rotatable bonds is 2. The van der Waals surface area contributed by atoms with Gasteiger partial charge in [-0.25, -0.2) is 4.98 Å². The predicted molar refractivity (Wildman–Crippen MR) is 179 cm³/mol. The molecule has 0 bridgehead atoms. The van der Waals surface area contributed by atoms with Crippen LogP contribution in [0.1, 0.15) is 30.5 Å². The molecule has 1 aliphatic carbocycles. The zero-order valence-electron chi connectivity index (χ0n) is 23.7. The third-order valence-corrected chi connectivity index (χ3v) is 10.4. The Hall–Kier alpha value is -5.24. The minimum atomic E-state index is -0.156. The fraction of sp³-hybridized carbons (Fsp3) is 0.0769. The number of imidazole rings is 1. The fourth-order valence-electron chi connectivity index (χ4n) is 6.91. The Morgan fingerprint density at radius 3 is 2.14 bits per heavy atom. The lowest BCUT2D eigenvalue weighted by Gasteiger charge is -2.22. The fourth-order valence-corrected chi connectivity index (χ4v) is 8.04. The zero-order chi connectivity index (χ0) is 28.9. The van der Waals surface area contributed by atoms with Crippen molar-refractivity contribution in [1.29, 1.82) is 5.26 Å². The summed E-state index contributed by atoms with van der Waals surface area (Å²) in [6.07, 6.45) is 2.22. The molecule has 43 heavy (non-hydrogen) atoms. The van der Waals surface area contributed by atoms with Crippen molar-refractivity contribution in [2.45, 2.75) is 19.3 Å². The molecule has 4 heteroatoms. The van der Waals surface area contributed by atoms with Gasteiger partial charge in [-0.1, -0.05) is 74.5 Å². The highest BCUT2D eigenvalue weighted by atomic mass is 32.1.